The maximum Gasteiger partial charge on any atom is 0.177 e. The molecule has 1 aliphatic heterocycles. The molecule has 1 aromatic rings. The highest BCUT2D eigenvalue weighted by Crippen LogP contribution is 2.45. The summed E-state index contributed by atoms with van der Waals surface area (Å²) in [6.07, 6.45) is 2.17. The average molecular weight is 294 g/mol. The molecule has 6 heteroatoms. The van der Waals surface area contributed by atoms with Crippen molar-refractivity contribution in [1.82, 2.24) is 4.90 Å². The fourth-order valence-electron chi connectivity index (χ4n) is 2.75. The first-order valence-corrected chi connectivity index (χ1v) is 7.75. The molecule has 1 unspecified atom stereocenters. The standard InChI is InChI=1S/C14H22N4OS/c1-4-10-9-17(2)6-5-7-18(10)14-13(19-3)12(16)11(8-15)20-14/h10H,4-7,9,16H2,1-3H3. The normalized spacial score (nSPS) is 20.5. The first-order chi connectivity index (χ1) is 9.62. The van der Waals surface area contributed by atoms with E-state index >= 15 is 0 Å². The lowest BCUT2D eigenvalue weighted by atomic mass is 10.2. The van der Waals surface area contributed by atoms with Crippen molar-refractivity contribution in [1.29, 1.82) is 5.26 Å². The van der Waals surface area contributed by atoms with Gasteiger partial charge in [-0.3, -0.25) is 0 Å². The van der Waals surface area contributed by atoms with Crippen LogP contribution in [0.15, 0.2) is 0 Å². The molecule has 2 rings (SSSR count). The van der Waals surface area contributed by atoms with Crippen molar-refractivity contribution in [3.05, 3.63) is 4.88 Å². The lowest BCUT2D eigenvalue weighted by molar-refractivity contribution is 0.327. The number of likely N-dealkylation sites (N-methyl/N-ethyl adjacent to an activating group) is 1. The van der Waals surface area contributed by atoms with Crippen molar-refractivity contribution in [3.63, 3.8) is 0 Å². The van der Waals surface area contributed by atoms with Crippen molar-refractivity contribution >= 4 is 22.0 Å². The monoisotopic (exact) mass is 294 g/mol. The van der Waals surface area contributed by atoms with Gasteiger partial charge in [0.25, 0.3) is 0 Å². The Morgan fingerprint density at radius 1 is 1.50 bits per heavy atom. The summed E-state index contributed by atoms with van der Waals surface area (Å²) in [5.41, 5.74) is 6.49. The second kappa shape index (κ2) is 6.33. The third-order valence-electron chi connectivity index (χ3n) is 3.82. The van der Waals surface area contributed by atoms with Crippen LogP contribution in [0.4, 0.5) is 10.7 Å². The van der Waals surface area contributed by atoms with Crippen LogP contribution in [0.2, 0.25) is 0 Å². The second-order valence-corrected chi connectivity index (χ2v) is 6.17. The van der Waals surface area contributed by atoms with Gasteiger partial charge in [0.1, 0.15) is 21.6 Å². The predicted molar refractivity (Wildman–Crippen MR) is 83.5 cm³/mol. The topological polar surface area (TPSA) is 65.5 Å². The molecule has 0 bridgehead atoms. The molecule has 0 amide bonds. The Balaban J connectivity index is 2.40. The molecule has 1 fully saturated rings. The molecule has 0 radical (unpaired) electrons. The zero-order valence-corrected chi connectivity index (χ0v) is 13.2. The Bertz CT molecular complexity index is 508. The Morgan fingerprint density at radius 2 is 2.25 bits per heavy atom. The Labute approximate surface area is 124 Å². The minimum atomic E-state index is 0.431. The van der Waals surface area contributed by atoms with Crippen LogP contribution in [0.3, 0.4) is 0 Å². The molecule has 2 N–H and O–H groups in total. The summed E-state index contributed by atoms with van der Waals surface area (Å²) >= 11 is 1.44. The largest absolute Gasteiger partial charge is 0.492 e. The molecule has 1 atom stereocenters. The fraction of sp³-hybridized carbons (Fsp3) is 0.643. The van der Waals surface area contributed by atoms with E-state index in [4.69, 9.17) is 15.7 Å². The summed E-state index contributed by atoms with van der Waals surface area (Å²) in [5, 5.41) is 10.2. The Morgan fingerprint density at radius 3 is 2.85 bits per heavy atom. The molecular formula is C14H22N4OS. The third kappa shape index (κ3) is 2.69. The molecule has 1 saturated heterocycles. The van der Waals surface area contributed by atoms with Gasteiger partial charge in [-0.15, -0.1) is 11.3 Å². The minimum Gasteiger partial charge on any atom is -0.492 e. The Hall–Kier alpha value is -1.45. The van der Waals surface area contributed by atoms with Crippen molar-refractivity contribution < 1.29 is 4.74 Å². The van der Waals surface area contributed by atoms with Gasteiger partial charge in [-0.1, -0.05) is 6.92 Å². The zero-order valence-electron chi connectivity index (χ0n) is 12.3. The van der Waals surface area contributed by atoms with Gasteiger partial charge in [-0.2, -0.15) is 5.26 Å². The van der Waals surface area contributed by atoms with E-state index in [1.807, 2.05) is 0 Å². The van der Waals surface area contributed by atoms with E-state index in [-0.39, 0.29) is 0 Å². The van der Waals surface area contributed by atoms with Crippen LogP contribution in [0.25, 0.3) is 0 Å². The van der Waals surface area contributed by atoms with Crippen LogP contribution < -0.4 is 15.4 Å². The summed E-state index contributed by atoms with van der Waals surface area (Å²) in [6, 6.07) is 2.59. The van der Waals surface area contributed by atoms with E-state index in [9.17, 15) is 0 Å². The molecule has 5 nitrogen and oxygen atoms in total. The van der Waals surface area contributed by atoms with E-state index < -0.39 is 0 Å². The quantitative estimate of drug-likeness (QED) is 0.925. The van der Waals surface area contributed by atoms with Crippen LogP contribution in [0, 0.1) is 11.3 Å². The Kier molecular flexibility index (Phi) is 4.73. The summed E-state index contributed by atoms with van der Waals surface area (Å²) in [7, 11) is 3.78. The second-order valence-electron chi connectivity index (χ2n) is 5.17. The molecule has 0 aromatic carbocycles. The van der Waals surface area contributed by atoms with E-state index in [1.54, 1.807) is 7.11 Å². The van der Waals surface area contributed by atoms with Crippen molar-refractivity contribution in [2.75, 3.05) is 44.4 Å². The molecular weight excluding hydrogens is 272 g/mol. The highest BCUT2D eigenvalue weighted by atomic mass is 32.1. The minimum absolute atomic E-state index is 0.431. The molecule has 1 aromatic heterocycles. The van der Waals surface area contributed by atoms with Gasteiger partial charge in [0.2, 0.25) is 0 Å². The number of thiophene rings is 1. The molecule has 110 valence electrons. The predicted octanol–water partition coefficient (Wildman–Crippen LogP) is 2.13. The van der Waals surface area contributed by atoms with Crippen molar-refractivity contribution in [2.45, 2.75) is 25.8 Å². The van der Waals surface area contributed by atoms with Gasteiger partial charge in [-0.25, -0.2) is 0 Å². The summed E-state index contributed by atoms with van der Waals surface area (Å²) in [4.78, 5) is 5.27. The average Bonchev–Trinajstić information content (AvgIpc) is 2.64. The van der Waals surface area contributed by atoms with Gasteiger partial charge < -0.3 is 20.3 Å². The lowest BCUT2D eigenvalue weighted by Crippen LogP contribution is -2.39. The van der Waals surface area contributed by atoms with Crippen LogP contribution >= 0.6 is 11.3 Å². The number of nitrogens with zero attached hydrogens (tertiary/aromatic N) is 3. The fourth-order valence-corrected chi connectivity index (χ4v) is 3.83. The number of hydrogen-bond acceptors (Lipinski definition) is 6. The highest BCUT2D eigenvalue weighted by Gasteiger charge is 2.28. The van der Waals surface area contributed by atoms with Crippen LogP contribution in [-0.4, -0.2) is 44.7 Å². The lowest BCUT2D eigenvalue weighted by Gasteiger charge is -2.31. The van der Waals surface area contributed by atoms with Crippen LogP contribution in [0.1, 0.15) is 24.6 Å². The molecule has 0 aliphatic carbocycles. The van der Waals surface area contributed by atoms with Crippen molar-refractivity contribution in [3.8, 4) is 11.8 Å². The van der Waals surface area contributed by atoms with Gasteiger partial charge in [0.15, 0.2) is 5.75 Å². The number of methoxy groups -OCH3 is 1. The summed E-state index contributed by atoms with van der Waals surface area (Å²) in [6.45, 7) is 5.30. The van der Waals surface area contributed by atoms with Gasteiger partial charge in [0, 0.05) is 19.1 Å². The first-order valence-electron chi connectivity index (χ1n) is 6.93. The van der Waals surface area contributed by atoms with Gasteiger partial charge >= 0.3 is 0 Å². The molecule has 0 saturated carbocycles. The number of rotatable bonds is 3. The summed E-state index contributed by atoms with van der Waals surface area (Å²) in [5.74, 6) is 0.662. The summed E-state index contributed by atoms with van der Waals surface area (Å²) < 4.78 is 5.45. The van der Waals surface area contributed by atoms with E-state index in [1.165, 1.54) is 11.3 Å². The maximum atomic E-state index is 9.17. The zero-order chi connectivity index (χ0) is 14.7. The van der Waals surface area contributed by atoms with Crippen molar-refractivity contribution in [2.24, 2.45) is 0 Å². The highest BCUT2D eigenvalue weighted by molar-refractivity contribution is 7.17. The van der Waals surface area contributed by atoms with E-state index in [2.05, 4.69) is 29.8 Å². The maximum absolute atomic E-state index is 9.17. The number of nitriles is 1. The van der Waals surface area contributed by atoms with Gasteiger partial charge in [0.05, 0.1) is 7.11 Å². The van der Waals surface area contributed by atoms with Crippen LogP contribution in [-0.2, 0) is 0 Å². The molecule has 20 heavy (non-hydrogen) atoms. The molecule has 2 heterocycles. The number of hydrogen-bond donors (Lipinski definition) is 1. The molecule has 0 spiro atoms. The number of nitrogens with two attached hydrogens (primary N) is 1. The number of anilines is 2. The van der Waals surface area contributed by atoms with Crippen LogP contribution in [0.5, 0.6) is 5.75 Å². The van der Waals surface area contributed by atoms with E-state index in [0.29, 0.717) is 22.4 Å². The molecule has 1 aliphatic rings. The number of ether oxygens (including phenoxy) is 1. The van der Waals surface area contributed by atoms with E-state index in [0.717, 1.165) is 37.5 Å². The number of nitrogen functional groups attached to an aromatic ring is 1. The first kappa shape index (κ1) is 14.9. The smallest absolute Gasteiger partial charge is 0.177 e. The van der Waals surface area contributed by atoms with Gasteiger partial charge in [-0.05, 0) is 26.4 Å². The SMILES string of the molecule is CCC1CN(C)CCCN1c1sc(C#N)c(N)c1OC. The third-order valence-corrected chi connectivity index (χ3v) is 4.95.